The first-order valence-electron chi connectivity index (χ1n) is 9.70. The first-order valence-corrected chi connectivity index (χ1v) is 9.70. The molecule has 4 amide bonds. The van der Waals surface area contributed by atoms with Gasteiger partial charge in [-0.25, -0.2) is 0 Å². The molecule has 0 spiro atoms. The average Bonchev–Trinajstić information content (AvgIpc) is 2.98. The number of benzene rings is 1. The number of imide groups is 1. The van der Waals surface area contributed by atoms with E-state index in [1.165, 1.54) is 6.92 Å². The van der Waals surface area contributed by atoms with E-state index in [9.17, 15) is 19.2 Å². The van der Waals surface area contributed by atoms with E-state index >= 15 is 0 Å². The first-order chi connectivity index (χ1) is 13.4. The Kier molecular flexibility index (Phi) is 4.89. The van der Waals surface area contributed by atoms with Crippen LogP contribution in [-0.2, 0) is 20.9 Å². The Morgan fingerprint density at radius 1 is 1.18 bits per heavy atom. The number of nitrogens with zero attached hydrogens (tertiary/aromatic N) is 1. The molecule has 1 aromatic rings. The van der Waals surface area contributed by atoms with Gasteiger partial charge in [0.2, 0.25) is 17.7 Å². The summed E-state index contributed by atoms with van der Waals surface area (Å²) < 4.78 is 0. The maximum atomic E-state index is 12.8. The summed E-state index contributed by atoms with van der Waals surface area (Å²) in [5.41, 5.74) is 2.65. The molecule has 0 aromatic heterocycles. The van der Waals surface area contributed by atoms with Crippen LogP contribution in [-0.4, -0.2) is 47.2 Å². The van der Waals surface area contributed by atoms with Gasteiger partial charge >= 0.3 is 0 Å². The molecule has 3 unspecified atom stereocenters. The summed E-state index contributed by atoms with van der Waals surface area (Å²) in [5, 5.41) is 8.72. The molecule has 1 aromatic carbocycles. The van der Waals surface area contributed by atoms with Crippen LogP contribution >= 0.6 is 0 Å². The summed E-state index contributed by atoms with van der Waals surface area (Å²) >= 11 is 0. The Morgan fingerprint density at radius 2 is 2.00 bits per heavy atom. The molecule has 0 saturated carbocycles. The Hall–Kier alpha value is -2.74. The minimum atomic E-state index is -0.590. The number of hydrogen-bond acceptors (Lipinski definition) is 5. The lowest BCUT2D eigenvalue weighted by Gasteiger charge is -2.30. The molecule has 2 saturated heterocycles. The average molecular weight is 384 g/mol. The molecule has 8 heteroatoms. The van der Waals surface area contributed by atoms with Crippen molar-refractivity contribution in [3.8, 4) is 0 Å². The van der Waals surface area contributed by atoms with Crippen molar-refractivity contribution in [1.29, 1.82) is 0 Å². The lowest BCUT2D eigenvalue weighted by molar-refractivity contribution is -0.137. The highest BCUT2D eigenvalue weighted by molar-refractivity contribution is 6.05. The molecular weight excluding hydrogens is 360 g/mol. The van der Waals surface area contributed by atoms with Crippen LogP contribution in [0.5, 0.6) is 0 Å². The van der Waals surface area contributed by atoms with Crippen LogP contribution in [0.1, 0.15) is 60.1 Å². The second-order valence-electron chi connectivity index (χ2n) is 7.75. The third-order valence-corrected chi connectivity index (χ3v) is 5.77. The summed E-state index contributed by atoms with van der Waals surface area (Å²) in [7, 11) is 0. The Morgan fingerprint density at radius 3 is 2.68 bits per heavy atom. The SMILES string of the molecule is CC(=O)NC1CCC(c2ccc3c(c2)CN(C2CCC(=O)NC2=O)C3=O)NC1. The van der Waals surface area contributed by atoms with Gasteiger partial charge < -0.3 is 15.5 Å². The summed E-state index contributed by atoms with van der Waals surface area (Å²) in [5.74, 6) is -0.850. The molecule has 3 heterocycles. The van der Waals surface area contributed by atoms with Gasteiger partial charge in [-0.05, 0) is 36.5 Å². The number of nitrogens with one attached hydrogen (secondary N) is 3. The Bertz CT molecular complexity index is 845. The zero-order chi connectivity index (χ0) is 19.8. The monoisotopic (exact) mass is 384 g/mol. The Labute approximate surface area is 163 Å². The van der Waals surface area contributed by atoms with Crippen LogP contribution in [0.2, 0.25) is 0 Å². The zero-order valence-corrected chi connectivity index (χ0v) is 15.8. The molecule has 3 N–H and O–H groups in total. The van der Waals surface area contributed by atoms with E-state index in [1.807, 2.05) is 18.2 Å². The van der Waals surface area contributed by atoms with Crippen LogP contribution in [0.15, 0.2) is 18.2 Å². The van der Waals surface area contributed by atoms with Crippen LogP contribution < -0.4 is 16.0 Å². The molecule has 4 rings (SSSR count). The predicted octanol–water partition coefficient (Wildman–Crippen LogP) is 0.377. The quantitative estimate of drug-likeness (QED) is 0.653. The second-order valence-corrected chi connectivity index (χ2v) is 7.75. The summed E-state index contributed by atoms with van der Waals surface area (Å²) in [6.07, 6.45) is 2.42. The number of rotatable bonds is 3. The van der Waals surface area contributed by atoms with Gasteiger partial charge in [0.1, 0.15) is 6.04 Å². The summed E-state index contributed by atoms with van der Waals surface area (Å²) in [6.45, 7) is 2.62. The van der Waals surface area contributed by atoms with Gasteiger partial charge in [-0.1, -0.05) is 12.1 Å². The molecular formula is C20H24N4O4. The standard InChI is InChI=1S/C20H24N4O4/c1-11(25)22-14-3-5-16(21-9-14)12-2-4-15-13(8-12)10-24(20(15)28)17-6-7-18(26)23-19(17)27/h2,4,8,14,16-17,21H,3,5-7,9-10H2,1H3,(H,22,25)(H,23,26,27). The van der Waals surface area contributed by atoms with Gasteiger partial charge in [-0.2, -0.15) is 0 Å². The molecule has 2 fully saturated rings. The van der Waals surface area contributed by atoms with Gasteiger partial charge in [0, 0.05) is 44.1 Å². The fourth-order valence-electron chi connectivity index (χ4n) is 4.36. The van der Waals surface area contributed by atoms with Crippen LogP contribution in [0.4, 0.5) is 0 Å². The fraction of sp³-hybridized carbons (Fsp3) is 0.500. The molecule has 3 aliphatic heterocycles. The molecule has 148 valence electrons. The molecule has 8 nitrogen and oxygen atoms in total. The van der Waals surface area contributed by atoms with E-state index < -0.39 is 11.9 Å². The lowest BCUT2D eigenvalue weighted by atomic mass is 9.93. The molecule has 0 aliphatic carbocycles. The van der Waals surface area contributed by atoms with E-state index in [0.29, 0.717) is 25.1 Å². The van der Waals surface area contributed by atoms with E-state index in [1.54, 1.807) is 4.90 Å². The summed E-state index contributed by atoms with van der Waals surface area (Å²) in [6, 6.07) is 5.56. The molecule has 3 aliphatic rings. The Balaban J connectivity index is 1.45. The van der Waals surface area contributed by atoms with E-state index in [4.69, 9.17) is 0 Å². The van der Waals surface area contributed by atoms with Crippen molar-refractivity contribution in [1.82, 2.24) is 20.9 Å². The zero-order valence-electron chi connectivity index (χ0n) is 15.8. The van der Waals surface area contributed by atoms with Gasteiger partial charge in [0.05, 0.1) is 0 Å². The number of fused-ring (bicyclic) bond motifs is 1. The molecule has 0 radical (unpaired) electrons. The number of amides is 4. The fourth-order valence-corrected chi connectivity index (χ4v) is 4.36. The highest BCUT2D eigenvalue weighted by Gasteiger charge is 2.39. The molecule has 3 atom stereocenters. The van der Waals surface area contributed by atoms with Crippen molar-refractivity contribution in [3.63, 3.8) is 0 Å². The smallest absolute Gasteiger partial charge is 0.255 e. The van der Waals surface area contributed by atoms with Crippen LogP contribution in [0.25, 0.3) is 0 Å². The molecule has 0 bridgehead atoms. The summed E-state index contributed by atoms with van der Waals surface area (Å²) in [4.78, 5) is 49.0. The van der Waals surface area contributed by atoms with Crippen LogP contribution in [0.3, 0.4) is 0 Å². The van der Waals surface area contributed by atoms with Crippen molar-refractivity contribution in [3.05, 3.63) is 34.9 Å². The van der Waals surface area contributed by atoms with Gasteiger partial charge in [-0.15, -0.1) is 0 Å². The maximum absolute atomic E-state index is 12.8. The number of carbonyl (C=O) groups is 4. The van der Waals surface area contributed by atoms with E-state index in [2.05, 4.69) is 16.0 Å². The van der Waals surface area contributed by atoms with Gasteiger partial charge in [0.15, 0.2) is 0 Å². The predicted molar refractivity (Wildman–Crippen MR) is 100 cm³/mol. The first kappa shape index (κ1) is 18.6. The highest BCUT2D eigenvalue weighted by Crippen LogP contribution is 2.31. The second kappa shape index (κ2) is 7.35. The lowest BCUT2D eigenvalue weighted by Crippen LogP contribution is -2.52. The van der Waals surface area contributed by atoms with Gasteiger partial charge in [-0.3, -0.25) is 24.5 Å². The highest BCUT2D eigenvalue weighted by atomic mass is 16.2. The van der Waals surface area contributed by atoms with Crippen LogP contribution in [0, 0.1) is 0 Å². The third-order valence-electron chi connectivity index (χ3n) is 5.77. The van der Waals surface area contributed by atoms with Crippen molar-refractivity contribution < 1.29 is 19.2 Å². The van der Waals surface area contributed by atoms with Crippen molar-refractivity contribution in [2.75, 3.05) is 6.54 Å². The third kappa shape index (κ3) is 3.52. The minimum Gasteiger partial charge on any atom is -0.352 e. The van der Waals surface area contributed by atoms with E-state index in [-0.39, 0.29) is 36.2 Å². The topological polar surface area (TPSA) is 108 Å². The van der Waals surface area contributed by atoms with E-state index in [0.717, 1.165) is 24.0 Å². The maximum Gasteiger partial charge on any atom is 0.255 e. The number of carbonyl (C=O) groups excluding carboxylic acids is 4. The van der Waals surface area contributed by atoms with Gasteiger partial charge in [0.25, 0.3) is 5.91 Å². The largest absolute Gasteiger partial charge is 0.352 e. The van der Waals surface area contributed by atoms with Crippen molar-refractivity contribution in [2.45, 2.75) is 57.3 Å². The normalized spacial score (nSPS) is 27.4. The van der Waals surface area contributed by atoms with Crippen molar-refractivity contribution in [2.24, 2.45) is 0 Å². The van der Waals surface area contributed by atoms with Crippen molar-refractivity contribution >= 4 is 23.6 Å². The number of hydrogen-bond donors (Lipinski definition) is 3. The molecule has 28 heavy (non-hydrogen) atoms. The number of piperidine rings is 2. The minimum absolute atomic E-state index is 0.0187.